The molecule has 1 aromatic rings. The molecular weight excluding hydrogens is 285 g/mol. The van der Waals surface area contributed by atoms with Crippen LogP contribution in [0.2, 0.25) is 10.0 Å². The predicted octanol–water partition coefficient (Wildman–Crippen LogP) is 3.17. The fourth-order valence-electron chi connectivity index (χ4n) is 1.97. The smallest absolute Gasteiger partial charge is 0.0929 e. The van der Waals surface area contributed by atoms with Gasteiger partial charge in [0.1, 0.15) is 0 Å². The van der Waals surface area contributed by atoms with Gasteiger partial charge in [-0.25, -0.2) is 0 Å². The number of nitrogens with one attached hydrogen (secondary N) is 1. The van der Waals surface area contributed by atoms with Gasteiger partial charge < -0.3 is 15.5 Å². The van der Waals surface area contributed by atoms with E-state index in [-0.39, 0.29) is 12.1 Å². The lowest BCUT2D eigenvalue weighted by molar-refractivity contribution is 0.114. The second-order valence-electron chi connectivity index (χ2n) is 4.71. The third kappa shape index (κ3) is 4.33. The van der Waals surface area contributed by atoms with Crippen molar-refractivity contribution in [3.05, 3.63) is 33.8 Å². The first-order valence-electron chi connectivity index (χ1n) is 6.47. The summed E-state index contributed by atoms with van der Waals surface area (Å²) in [5.74, 6) is 0. The molecule has 0 aromatic heterocycles. The monoisotopic (exact) mass is 305 g/mol. The van der Waals surface area contributed by atoms with E-state index >= 15 is 0 Å². The average molecular weight is 306 g/mol. The number of hydrogen-bond acceptors (Lipinski definition) is 3. The molecule has 0 saturated carbocycles. The van der Waals surface area contributed by atoms with Crippen molar-refractivity contribution in [2.24, 2.45) is 0 Å². The molecule has 3 nitrogen and oxygen atoms in total. The summed E-state index contributed by atoms with van der Waals surface area (Å²) in [6.07, 6.45) is 0.821. The maximum absolute atomic E-state index is 10.2. The van der Waals surface area contributed by atoms with Gasteiger partial charge in [-0.1, -0.05) is 37.0 Å². The lowest BCUT2D eigenvalue weighted by Gasteiger charge is -2.32. The van der Waals surface area contributed by atoms with Gasteiger partial charge in [-0.15, -0.1) is 0 Å². The Labute approximate surface area is 124 Å². The van der Waals surface area contributed by atoms with Gasteiger partial charge in [0.25, 0.3) is 0 Å². The van der Waals surface area contributed by atoms with Gasteiger partial charge in [0.15, 0.2) is 0 Å². The van der Waals surface area contributed by atoms with Crippen LogP contribution < -0.4 is 5.32 Å². The van der Waals surface area contributed by atoms with Gasteiger partial charge in [0.2, 0.25) is 0 Å². The van der Waals surface area contributed by atoms with E-state index < -0.39 is 6.10 Å². The highest BCUT2D eigenvalue weighted by molar-refractivity contribution is 6.33. The van der Waals surface area contributed by atoms with Crippen molar-refractivity contribution < 1.29 is 10.2 Å². The number of rotatable bonds is 7. The van der Waals surface area contributed by atoms with Crippen LogP contribution in [0.15, 0.2) is 18.2 Å². The van der Waals surface area contributed by atoms with Crippen molar-refractivity contribution in [1.82, 2.24) is 5.32 Å². The summed E-state index contributed by atoms with van der Waals surface area (Å²) >= 11 is 11.9. The number of benzene rings is 1. The highest BCUT2D eigenvalue weighted by Crippen LogP contribution is 2.26. The Balaban J connectivity index is 2.74. The Kier molecular flexibility index (Phi) is 6.57. The molecule has 1 rings (SSSR count). The van der Waals surface area contributed by atoms with Gasteiger partial charge in [-0.05, 0) is 31.0 Å². The van der Waals surface area contributed by atoms with Crippen molar-refractivity contribution >= 4 is 23.2 Å². The second kappa shape index (κ2) is 7.46. The molecule has 19 heavy (non-hydrogen) atoms. The Morgan fingerprint density at radius 3 is 2.42 bits per heavy atom. The maximum Gasteiger partial charge on any atom is 0.0929 e. The van der Waals surface area contributed by atoms with Crippen LogP contribution in [0, 0.1) is 0 Å². The highest BCUT2D eigenvalue weighted by Gasteiger charge is 2.25. The number of halogens is 2. The minimum absolute atomic E-state index is 0.0377. The summed E-state index contributed by atoms with van der Waals surface area (Å²) in [6.45, 7) is 4.37. The molecule has 0 heterocycles. The second-order valence-corrected chi connectivity index (χ2v) is 5.55. The Hall–Kier alpha value is -0.320. The van der Waals surface area contributed by atoms with Crippen molar-refractivity contribution in [3.63, 3.8) is 0 Å². The van der Waals surface area contributed by atoms with Crippen LogP contribution in [0.1, 0.15) is 38.4 Å². The van der Waals surface area contributed by atoms with Crippen LogP contribution in [0.5, 0.6) is 0 Å². The van der Waals surface area contributed by atoms with Crippen molar-refractivity contribution in [2.45, 2.75) is 38.3 Å². The maximum atomic E-state index is 10.2. The molecule has 0 amide bonds. The van der Waals surface area contributed by atoms with Crippen LogP contribution >= 0.6 is 23.2 Å². The number of hydrogen-bond donors (Lipinski definition) is 3. The SMILES string of the molecule is CCC(CC)(CO)NCC(O)c1cc(Cl)ccc1Cl. The minimum Gasteiger partial charge on any atom is -0.394 e. The zero-order valence-electron chi connectivity index (χ0n) is 11.3. The van der Waals surface area contributed by atoms with Gasteiger partial charge in [0, 0.05) is 27.7 Å². The standard InChI is InChI=1S/C14H21Cl2NO2/c1-3-14(4-2,9-18)17-8-13(19)11-7-10(15)5-6-12(11)16/h5-7,13,17-19H,3-4,8-9H2,1-2H3. The molecule has 0 aliphatic rings. The van der Waals surface area contributed by atoms with Crippen LogP contribution in [0.25, 0.3) is 0 Å². The fraction of sp³-hybridized carbons (Fsp3) is 0.571. The Bertz CT molecular complexity index is 400. The molecule has 1 atom stereocenters. The van der Waals surface area contributed by atoms with E-state index in [0.29, 0.717) is 22.2 Å². The molecule has 0 saturated heterocycles. The summed E-state index contributed by atoms with van der Waals surface area (Å²) in [7, 11) is 0. The zero-order valence-corrected chi connectivity index (χ0v) is 12.8. The van der Waals surface area contributed by atoms with E-state index in [1.54, 1.807) is 18.2 Å². The topological polar surface area (TPSA) is 52.5 Å². The lowest BCUT2D eigenvalue weighted by Crippen LogP contribution is -2.49. The first-order valence-corrected chi connectivity index (χ1v) is 7.22. The van der Waals surface area contributed by atoms with Gasteiger partial charge in [-0.3, -0.25) is 0 Å². The van der Waals surface area contributed by atoms with E-state index in [1.807, 2.05) is 13.8 Å². The van der Waals surface area contributed by atoms with E-state index in [0.717, 1.165) is 12.8 Å². The van der Waals surface area contributed by atoms with Crippen molar-refractivity contribution in [1.29, 1.82) is 0 Å². The molecule has 0 spiro atoms. The molecule has 1 unspecified atom stereocenters. The van der Waals surface area contributed by atoms with Crippen molar-refractivity contribution in [2.75, 3.05) is 13.2 Å². The van der Waals surface area contributed by atoms with Crippen LogP contribution in [0.4, 0.5) is 0 Å². The minimum atomic E-state index is -0.754. The van der Waals surface area contributed by atoms with Gasteiger partial charge >= 0.3 is 0 Å². The summed E-state index contributed by atoms with van der Waals surface area (Å²) in [5.41, 5.74) is 0.243. The third-order valence-electron chi connectivity index (χ3n) is 3.64. The largest absolute Gasteiger partial charge is 0.394 e. The summed E-state index contributed by atoms with van der Waals surface area (Å²) < 4.78 is 0. The fourth-order valence-corrected chi connectivity index (χ4v) is 2.40. The number of aliphatic hydroxyl groups is 2. The van der Waals surface area contributed by atoms with E-state index in [1.165, 1.54) is 0 Å². The number of β-amino-alcohol motifs (C(OH)–C–C–N with tert-alkyl or cyclic N) is 1. The first kappa shape index (κ1) is 16.7. The van der Waals surface area contributed by atoms with Crippen LogP contribution in [-0.4, -0.2) is 28.9 Å². The van der Waals surface area contributed by atoms with Crippen molar-refractivity contribution in [3.8, 4) is 0 Å². The average Bonchev–Trinajstić information content (AvgIpc) is 2.43. The summed E-state index contributed by atoms with van der Waals surface area (Å²) in [5, 5.41) is 23.9. The highest BCUT2D eigenvalue weighted by atomic mass is 35.5. The van der Waals surface area contributed by atoms with E-state index in [4.69, 9.17) is 23.2 Å². The first-order chi connectivity index (χ1) is 8.98. The van der Waals surface area contributed by atoms with Gasteiger partial charge in [-0.2, -0.15) is 0 Å². The van der Waals surface area contributed by atoms with Crippen LogP contribution in [-0.2, 0) is 0 Å². The molecule has 0 bridgehead atoms. The predicted molar refractivity (Wildman–Crippen MR) is 79.8 cm³/mol. The summed E-state index contributed by atoms with van der Waals surface area (Å²) in [4.78, 5) is 0. The van der Waals surface area contributed by atoms with E-state index in [2.05, 4.69) is 5.32 Å². The molecular formula is C14H21Cl2NO2. The molecule has 5 heteroatoms. The normalized spacial score (nSPS) is 13.6. The molecule has 3 N–H and O–H groups in total. The quantitative estimate of drug-likeness (QED) is 0.725. The molecule has 0 fully saturated rings. The van der Waals surface area contributed by atoms with Crippen LogP contribution in [0.3, 0.4) is 0 Å². The number of aliphatic hydroxyl groups excluding tert-OH is 2. The van der Waals surface area contributed by atoms with Gasteiger partial charge in [0.05, 0.1) is 12.7 Å². The molecule has 1 aromatic carbocycles. The Morgan fingerprint density at radius 2 is 1.89 bits per heavy atom. The Morgan fingerprint density at radius 1 is 1.26 bits per heavy atom. The van der Waals surface area contributed by atoms with E-state index in [9.17, 15) is 10.2 Å². The lowest BCUT2D eigenvalue weighted by atomic mass is 9.93. The summed E-state index contributed by atoms with van der Waals surface area (Å²) in [6, 6.07) is 5.01. The molecule has 0 aliphatic carbocycles. The zero-order chi connectivity index (χ0) is 14.5. The molecule has 0 aliphatic heterocycles. The molecule has 108 valence electrons. The third-order valence-corrected chi connectivity index (χ3v) is 4.22. The molecule has 0 radical (unpaired) electrons.